The van der Waals surface area contributed by atoms with Crippen molar-refractivity contribution in [2.75, 3.05) is 0 Å². The van der Waals surface area contributed by atoms with Crippen LogP contribution in [0.25, 0.3) is 165 Å². The summed E-state index contributed by atoms with van der Waals surface area (Å²) < 4.78 is 15.2. The first kappa shape index (κ1) is 45.4. The molecule has 0 aliphatic heterocycles. The number of fused-ring (bicyclic) bond motifs is 21. The number of rotatable bonds is 6. The summed E-state index contributed by atoms with van der Waals surface area (Å²) in [4.78, 5) is 0. The third kappa shape index (κ3) is 6.07. The van der Waals surface area contributed by atoms with Crippen molar-refractivity contribution in [2.24, 2.45) is 0 Å². The number of hydrogen-bond donors (Lipinski definition) is 0. The predicted molar refractivity (Wildman–Crippen MR) is 352 cm³/mol. The highest BCUT2D eigenvalue weighted by Gasteiger charge is 2.27. The first-order valence-corrected chi connectivity index (χ1v) is 28.9. The molecule has 13 aromatic carbocycles. The van der Waals surface area contributed by atoms with Crippen molar-refractivity contribution in [2.45, 2.75) is 0 Å². The SMILES string of the molecule is c1ccc(-n2c3ccccc3c3ccc4c5ccccc5n(-c5cc(-n6c7ccccc7c7ccc8c9ccccc9n(-c9ccccc9)c8c76)cc(-n6c7ccccc7c7ccc8c9ccccc9n(-c9ccccc9)c8c76)c5)c4c32)cc1. The van der Waals surface area contributed by atoms with Crippen LogP contribution in [0.5, 0.6) is 0 Å². The van der Waals surface area contributed by atoms with Crippen LogP contribution in [0, 0.1) is 0 Å². The van der Waals surface area contributed by atoms with Crippen molar-refractivity contribution in [3.05, 3.63) is 291 Å². The van der Waals surface area contributed by atoms with E-state index in [0.717, 1.165) is 67.2 Å². The molecule has 0 aliphatic carbocycles. The van der Waals surface area contributed by atoms with Crippen LogP contribution in [0.2, 0.25) is 0 Å². The molecule has 19 aromatic rings. The van der Waals surface area contributed by atoms with Crippen LogP contribution in [-0.2, 0) is 0 Å². The zero-order valence-electron chi connectivity index (χ0n) is 45.4. The van der Waals surface area contributed by atoms with Crippen molar-refractivity contribution >= 4 is 131 Å². The molecule has 0 aliphatic rings. The van der Waals surface area contributed by atoms with E-state index in [9.17, 15) is 0 Å². The van der Waals surface area contributed by atoms with Gasteiger partial charge < -0.3 is 27.4 Å². The molecule has 0 unspecified atom stereocenters. The van der Waals surface area contributed by atoms with Crippen LogP contribution >= 0.6 is 0 Å². The van der Waals surface area contributed by atoms with Crippen molar-refractivity contribution in [3.63, 3.8) is 0 Å². The number of benzene rings is 13. The van der Waals surface area contributed by atoms with E-state index in [1.54, 1.807) is 0 Å². The van der Waals surface area contributed by atoms with Gasteiger partial charge in [0.25, 0.3) is 0 Å². The number of para-hydroxylation sites is 9. The average molecular weight is 1070 g/mol. The van der Waals surface area contributed by atoms with Gasteiger partial charge in [-0.05, 0) is 91.0 Å². The highest BCUT2D eigenvalue weighted by molar-refractivity contribution is 6.27. The molecule has 19 rings (SSSR count). The quantitative estimate of drug-likeness (QED) is 0.159. The summed E-state index contributed by atoms with van der Waals surface area (Å²) in [7, 11) is 0. The maximum atomic E-state index is 2.58. The standard InChI is InChI=1S/C78H48N6/c1-4-22-49(23-5-1)79-67-34-16-10-28-55(67)61-40-43-64-58-31-13-19-37-70(58)82(76(64)73(61)79)52-46-53(83-71-38-20-14-32-59(71)65-44-41-62-56-29-11-17-35-68(56)80(74(62)77(65)83)50-24-6-2-7-25-50)48-54(47-52)84-72-39-21-15-33-60(72)66-45-42-63-57-30-12-18-36-69(57)81(75(63)78(66)84)51-26-8-3-9-27-51/h1-48H. The van der Waals surface area contributed by atoms with Gasteiger partial charge >= 0.3 is 0 Å². The second kappa shape index (κ2) is 17.1. The molecule has 6 nitrogen and oxygen atoms in total. The van der Waals surface area contributed by atoms with E-state index >= 15 is 0 Å². The maximum absolute atomic E-state index is 2.58. The first-order chi connectivity index (χ1) is 41.7. The van der Waals surface area contributed by atoms with Crippen molar-refractivity contribution in [3.8, 4) is 34.1 Å². The third-order valence-corrected chi connectivity index (χ3v) is 18.1. The summed E-state index contributed by atoms with van der Waals surface area (Å²) in [5, 5.41) is 14.5. The molecule has 390 valence electrons. The summed E-state index contributed by atoms with van der Waals surface area (Å²) in [5.41, 5.74) is 20.4. The van der Waals surface area contributed by atoms with Crippen molar-refractivity contribution < 1.29 is 0 Å². The summed E-state index contributed by atoms with van der Waals surface area (Å²) in [6, 6.07) is 108. The van der Waals surface area contributed by atoms with Gasteiger partial charge in [0.15, 0.2) is 0 Å². The number of nitrogens with zero attached hydrogens (tertiary/aromatic N) is 6. The Labute approximate surface area is 480 Å². The molecule has 6 aromatic heterocycles. The molecule has 0 saturated carbocycles. The second-order valence-electron chi connectivity index (χ2n) is 22.4. The van der Waals surface area contributed by atoms with Gasteiger partial charge in [-0.1, -0.05) is 200 Å². The van der Waals surface area contributed by atoms with E-state index in [2.05, 4.69) is 319 Å². The lowest BCUT2D eigenvalue weighted by Gasteiger charge is -2.19. The molecule has 0 fully saturated rings. The average Bonchev–Trinajstić information content (AvgIpc) is 3.53. The Hall–Kier alpha value is -11.3. The molecular weight excluding hydrogens is 1020 g/mol. The Morgan fingerprint density at radius 2 is 0.298 bits per heavy atom. The Morgan fingerprint density at radius 1 is 0.131 bits per heavy atom. The topological polar surface area (TPSA) is 29.6 Å². The normalized spacial score (nSPS) is 12.3. The number of hydrogen-bond acceptors (Lipinski definition) is 0. The molecule has 0 N–H and O–H groups in total. The summed E-state index contributed by atoms with van der Waals surface area (Å²) >= 11 is 0. The van der Waals surface area contributed by atoms with Crippen molar-refractivity contribution in [1.29, 1.82) is 0 Å². The zero-order chi connectivity index (χ0) is 54.7. The molecule has 0 atom stereocenters. The van der Waals surface area contributed by atoms with Gasteiger partial charge in [0.2, 0.25) is 0 Å². The van der Waals surface area contributed by atoms with Gasteiger partial charge in [0.05, 0.1) is 83.3 Å². The molecule has 6 heteroatoms. The van der Waals surface area contributed by atoms with E-state index in [0.29, 0.717) is 0 Å². The van der Waals surface area contributed by atoms with Gasteiger partial charge in [-0.3, -0.25) is 0 Å². The zero-order valence-corrected chi connectivity index (χ0v) is 45.4. The molecule has 0 amide bonds. The van der Waals surface area contributed by atoms with Gasteiger partial charge in [0, 0.05) is 81.7 Å². The highest BCUT2D eigenvalue weighted by Crippen LogP contribution is 2.47. The molecular formula is C78H48N6. The molecule has 0 saturated heterocycles. The summed E-state index contributed by atoms with van der Waals surface area (Å²) in [5.74, 6) is 0. The molecule has 0 bridgehead atoms. The van der Waals surface area contributed by atoms with E-state index in [-0.39, 0.29) is 0 Å². The fourth-order valence-electron chi connectivity index (χ4n) is 14.8. The predicted octanol–water partition coefficient (Wildman–Crippen LogP) is 20.3. The lowest BCUT2D eigenvalue weighted by molar-refractivity contribution is 1.09. The lowest BCUT2D eigenvalue weighted by atomic mass is 10.1. The van der Waals surface area contributed by atoms with Crippen LogP contribution < -0.4 is 0 Å². The molecule has 6 heterocycles. The fourth-order valence-corrected chi connectivity index (χ4v) is 14.8. The van der Waals surface area contributed by atoms with Gasteiger partial charge in [0.1, 0.15) is 0 Å². The van der Waals surface area contributed by atoms with E-state index < -0.39 is 0 Å². The monoisotopic (exact) mass is 1070 g/mol. The lowest BCUT2D eigenvalue weighted by Crippen LogP contribution is -2.05. The largest absolute Gasteiger partial charge is 0.307 e. The second-order valence-corrected chi connectivity index (χ2v) is 22.4. The molecule has 0 radical (unpaired) electrons. The van der Waals surface area contributed by atoms with E-state index in [1.807, 2.05) is 0 Å². The van der Waals surface area contributed by atoms with Gasteiger partial charge in [-0.15, -0.1) is 0 Å². The Balaban J connectivity index is 1.04. The van der Waals surface area contributed by atoms with Crippen LogP contribution in [0.15, 0.2) is 291 Å². The molecule has 0 spiro atoms. The molecule has 84 heavy (non-hydrogen) atoms. The van der Waals surface area contributed by atoms with Crippen LogP contribution in [-0.4, -0.2) is 27.4 Å². The van der Waals surface area contributed by atoms with E-state index in [4.69, 9.17) is 0 Å². The number of aromatic nitrogens is 6. The van der Waals surface area contributed by atoms with E-state index in [1.165, 1.54) is 97.7 Å². The Bertz CT molecular complexity index is 5370. The van der Waals surface area contributed by atoms with Crippen LogP contribution in [0.1, 0.15) is 0 Å². The third-order valence-electron chi connectivity index (χ3n) is 18.1. The first-order valence-electron chi connectivity index (χ1n) is 28.9. The Morgan fingerprint density at radius 3 is 0.500 bits per heavy atom. The van der Waals surface area contributed by atoms with Gasteiger partial charge in [-0.25, -0.2) is 0 Å². The highest BCUT2D eigenvalue weighted by atomic mass is 15.1. The minimum atomic E-state index is 1.05. The summed E-state index contributed by atoms with van der Waals surface area (Å²) in [6.07, 6.45) is 0. The van der Waals surface area contributed by atoms with Gasteiger partial charge in [-0.2, -0.15) is 0 Å². The van der Waals surface area contributed by atoms with Crippen LogP contribution in [0.4, 0.5) is 0 Å². The fraction of sp³-hybridized carbons (Fsp3) is 0. The maximum Gasteiger partial charge on any atom is 0.0788 e. The minimum Gasteiger partial charge on any atom is -0.307 e. The van der Waals surface area contributed by atoms with Crippen LogP contribution in [0.3, 0.4) is 0 Å². The smallest absolute Gasteiger partial charge is 0.0788 e. The minimum absolute atomic E-state index is 1.05. The van der Waals surface area contributed by atoms with Crippen molar-refractivity contribution in [1.82, 2.24) is 27.4 Å². The Kier molecular flexibility index (Phi) is 9.24. The summed E-state index contributed by atoms with van der Waals surface area (Å²) in [6.45, 7) is 0.